The van der Waals surface area contributed by atoms with Crippen molar-refractivity contribution in [2.24, 2.45) is 0 Å². The van der Waals surface area contributed by atoms with E-state index >= 15 is 0 Å². The second-order valence-electron chi connectivity index (χ2n) is 6.10. The third-order valence-corrected chi connectivity index (χ3v) is 5.02. The number of hydrogen-bond donors (Lipinski definition) is 1. The van der Waals surface area contributed by atoms with E-state index in [1.165, 1.54) is 13.2 Å². The molecule has 5 nitrogen and oxygen atoms in total. The Morgan fingerprint density at radius 3 is 2.57 bits per heavy atom. The van der Waals surface area contributed by atoms with Gasteiger partial charge in [0.1, 0.15) is 5.75 Å². The molecule has 0 aromatic heterocycles. The first-order chi connectivity index (χ1) is 13.5. The summed E-state index contributed by atoms with van der Waals surface area (Å²) in [5.74, 6) is 0.140. The topological polar surface area (TPSA) is 50.8 Å². The number of anilines is 2. The summed E-state index contributed by atoms with van der Waals surface area (Å²) in [6.45, 7) is 2.93. The number of amides is 1. The maximum absolute atomic E-state index is 12.3. The highest BCUT2D eigenvalue weighted by molar-refractivity contribution is 6.36. The molecule has 1 N–H and O–H groups in total. The Balaban J connectivity index is 1.70. The summed E-state index contributed by atoms with van der Waals surface area (Å²) in [7, 11) is 1.50. The van der Waals surface area contributed by atoms with Crippen LogP contribution in [-0.2, 0) is 9.53 Å². The van der Waals surface area contributed by atoms with Gasteiger partial charge in [-0.2, -0.15) is 0 Å². The van der Waals surface area contributed by atoms with E-state index in [2.05, 4.69) is 10.2 Å². The molecule has 1 amide bonds. The van der Waals surface area contributed by atoms with Gasteiger partial charge >= 0.3 is 0 Å². The van der Waals surface area contributed by atoms with Crippen LogP contribution in [0.3, 0.4) is 0 Å². The van der Waals surface area contributed by atoms with Crippen LogP contribution in [0, 0.1) is 0 Å². The van der Waals surface area contributed by atoms with E-state index in [-0.39, 0.29) is 5.91 Å². The van der Waals surface area contributed by atoms with Crippen LogP contribution in [0.4, 0.5) is 11.4 Å². The molecule has 0 saturated carbocycles. The summed E-state index contributed by atoms with van der Waals surface area (Å²) >= 11 is 18.5. The molecule has 148 valence electrons. The Morgan fingerprint density at radius 1 is 1.14 bits per heavy atom. The largest absolute Gasteiger partial charge is 0.495 e. The Labute approximate surface area is 178 Å². The monoisotopic (exact) mass is 440 g/mol. The van der Waals surface area contributed by atoms with Gasteiger partial charge in [-0.15, -0.1) is 0 Å². The molecule has 1 aliphatic rings. The fourth-order valence-electron chi connectivity index (χ4n) is 2.91. The molecular weight excluding hydrogens is 423 g/mol. The lowest BCUT2D eigenvalue weighted by Crippen LogP contribution is -2.36. The predicted molar refractivity (Wildman–Crippen MR) is 115 cm³/mol. The lowest BCUT2D eigenvalue weighted by Gasteiger charge is -2.29. The van der Waals surface area contributed by atoms with E-state index in [0.717, 1.165) is 18.8 Å². The average Bonchev–Trinajstić information content (AvgIpc) is 2.67. The summed E-state index contributed by atoms with van der Waals surface area (Å²) in [6.07, 6.45) is 2.98. The summed E-state index contributed by atoms with van der Waals surface area (Å²) < 4.78 is 10.6. The molecular formula is C20H19Cl3N2O3. The molecule has 1 heterocycles. The lowest BCUT2D eigenvalue weighted by atomic mass is 10.2. The zero-order chi connectivity index (χ0) is 20.1. The van der Waals surface area contributed by atoms with E-state index in [4.69, 9.17) is 44.3 Å². The molecule has 1 aliphatic heterocycles. The van der Waals surface area contributed by atoms with Crippen molar-refractivity contribution in [3.63, 3.8) is 0 Å². The molecule has 0 spiro atoms. The highest BCUT2D eigenvalue weighted by atomic mass is 35.5. The lowest BCUT2D eigenvalue weighted by molar-refractivity contribution is -0.111. The van der Waals surface area contributed by atoms with Gasteiger partial charge < -0.3 is 19.7 Å². The quantitative estimate of drug-likeness (QED) is 0.652. The minimum atomic E-state index is -0.312. The number of nitrogens with one attached hydrogen (secondary N) is 1. The first-order valence-corrected chi connectivity index (χ1v) is 9.75. The Hall–Kier alpha value is -1.92. The number of rotatable bonds is 5. The standard InChI is InChI=1S/C20H19Cl3N2O3/c1-27-20-13(10-14(21)11-17(20)23)2-5-19(26)24-15-3-4-18(16(22)12-15)25-6-8-28-9-7-25/h2-5,10-12H,6-9H2,1H3,(H,24,26). The molecule has 3 rings (SSSR count). The molecule has 28 heavy (non-hydrogen) atoms. The number of morpholine rings is 1. The molecule has 1 fully saturated rings. The first-order valence-electron chi connectivity index (χ1n) is 8.62. The zero-order valence-electron chi connectivity index (χ0n) is 15.2. The number of carbonyl (C=O) groups is 1. The third kappa shape index (κ3) is 5.11. The second kappa shape index (κ2) is 9.52. The van der Waals surface area contributed by atoms with Gasteiger partial charge in [-0.05, 0) is 36.4 Å². The van der Waals surface area contributed by atoms with Crippen molar-refractivity contribution in [1.29, 1.82) is 0 Å². The SMILES string of the molecule is COc1c(Cl)cc(Cl)cc1C=CC(=O)Nc1ccc(N2CCOCC2)c(Cl)c1. The average molecular weight is 442 g/mol. The van der Waals surface area contributed by atoms with Crippen molar-refractivity contribution in [2.45, 2.75) is 0 Å². The number of halogens is 3. The van der Waals surface area contributed by atoms with Crippen LogP contribution in [0.1, 0.15) is 5.56 Å². The summed E-state index contributed by atoms with van der Waals surface area (Å²) in [5, 5.41) is 4.20. The molecule has 0 bridgehead atoms. The Bertz CT molecular complexity index is 897. The van der Waals surface area contributed by atoms with Crippen LogP contribution >= 0.6 is 34.8 Å². The van der Waals surface area contributed by atoms with E-state index in [9.17, 15) is 4.79 Å². The molecule has 1 saturated heterocycles. The maximum atomic E-state index is 12.3. The smallest absolute Gasteiger partial charge is 0.248 e. The van der Waals surface area contributed by atoms with Gasteiger partial charge in [0.05, 0.1) is 36.1 Å². The summed E-state index contributed by atoms with van der Waals surface area (Å²) in [5.41, 5.74) is 2.14. The Kier molecular flexibility index (Phi) is 7.08. The van der Waals surface area contributed by atoms with Gasteiger partial charge in [0, 0.05) is 35.4 Å². The number of carbonyl (C=O) groups excluding carboxylic acids is 1. The van der Waals surface area contributed by atoms with Crippen LogP contribution in [0.15, 0.2) is 36.4 Å². The molecule has 0 aliphatic carbocycles. The molecule has 0 unspecified atom stereocenters. The van der Waals surface area contributed by atoms with Gasteiger partial charge in [-0.1, -0.05) is 34.8 Å². The van der Waals surface area contributed by atoms with Crippen LogP contribution in [0.2, 0.25) is 15.1 Å². The van der Waals surface area contributed by atoms with E-state index in [1.807, 2.05) is 12.1 Å². The van der Waals surface area contributed by atoms with E-state index in [0.29, 0.717) is 45.3 Å². The minimum absolute atomic E-state index is 0.312. The second-order valence-corrected chi connectivity index (χ2v) is 7.35. The molecule has 2 aromatic rings. The van der Waals surface area contributed by atoms with E-state index in [1.54, 1.807) is 24.3 Å². The van der Waals surface area contributed by atoms with Crippen LogP contribution in [0.5, 0.6) is 5.75 Å². The van der Waals surface area contributed by atoms with Crippen LogP contribution in [-0.4, -0.2) is 39.3 Å². The minimum Gasteiger partial charge on any atom is -0.495 e. The molecule has 0 radical (unpaired) electrons. The Morgan fingerprint density at radius 2 is 1.89 bits per heavy atom. The van der Waals surface area contributed by atoms with Crippen molar-refractivity contribution < 1.29 is 14.3 Å². The van der Waals surface area contributed by atoms with Crippen molar-refractivity contribution >= 4 is 58.2 Å². The first kappa shape index (κ1) is 20.8. The van der Waals surface area contributed by atoms with Gasteiger partial charge in [0.2, 0.25) is 5.91 Å². The van der Waals surface area contributed by atoms with Crippen molar-refractivity contribution in [3.8, 4) is 5.75 Å². The van der Waals surface area contributed by atoms with Crippen molar-refractivity contribution in [2.75, 3.05) is 43.6 Å². The fraction of sp³-hybridized carbons (Fsp3) is 0.250. The van der Waals surface area contributed by atoms with Crippen LogP contribution < -0.4 is 15.0 Å². The zero-order valence-corrected chi connectivity index (χ0v) is 17.4. The van der Waals surface area contributed by atoms with Crippen LogP contribution in [0.25, 0.3) is 6.08 Å². The van der Waals surface area contributed by atoms with Gasteiger partial charge in [0.25, 0.3) is 0 Å². The molecule has 2 aromatic carbocycles. The summed E-state index contributed by atoms with van der Waals surface area (Å²) in [6, 6.07) is 8.70. The normalized spacial score (nSPS) is 14.4. The summed E-state index contributed by atoms with van der Waals surface area (Å²) in [4.78, 5) is 14.4. The van der Waals surface area contributed by atoms with Gasteiger partial charge in [-0.3, -0.25) is 4.79 Å². The highest BCUT2D eigenvalue weighted by Gasteiger charge is 2.14. The van der Waals surface area contributed by atoms with Gasteiger partial charge in [0.15, 0.2) is 0 Å². The number of ether oxygens (including phenoxy) is 2. The predicted octanol–water partition coefficient (Wildman–Crippen LogP) is 5.14. The van der Waals surface area contributed by atoms with E-state index < -0.39 is 0 Å². The third-order valence-electron chi connectivity index (χ3n) is 4.22. The van der Waals surface area contributed by atoms with Gasteiger partial charge in [-0.25, -0.2) is 0 Å². The number of benzene rings is 2. The number of nitrogens with zero attached hydrogens (tertiary/aromatic N) is 1. The van der Waals surface area contributed by atoms with Crippen molar-refractivity contribution in [3.05, 3.63) is 57.0 Å². The maximum Gasteiger partial charge on any atom is 0.248 e. The molecule has 0 atom stereocenters. The highest BCUT2D eigenvalue weighted by Crippen LogP contribution is 2.33. The van der Waals surface area contributed by atoms with Crippen molar-refractivity contribution in [1.82, 2.24) is 0 Å². The fourth-order valence-corrected chi connectivity index (χ4v) is 3.80. The number of methoxy groups -OCH3 is 1. The number of hydrogen-bond acceptors (Lipinski definition) is 4. The molecule has 8 heteroatoms.